The number of carbonyl (C=O) groups excluding carboxylic acids is 2. The molecule has 1 aliphatic carbocycles. The average Bonchev–Trinajstić information content (AvgIpc) is 3.32. The molecule has 0 unspecified atom stereocenters. The van der Waals surface area contributed by atoms with Crippen molar-refractivity contribution < 1.29 is 14.3 Å². The lowest BCUT2D eigenvalue weighted by Crippen LogP contribution is -2.38. The molecule has 0 atom stereocenters. The van der Waals surface area contributed by atoms with E-state index in [4.69, 9.17) is 4.74 Å². The fourth-order valence-corrected chi connectivity index (χ4v) is 1.96. The SMILES string of the molecule is CCOc1ccc(NC(=O)CNC(=O)CNCC2CC2)cc1. The Morgan fingerprint density at radius 2 is 1.86 bits per heavy atom. The molecule has 0 heterocycles. The number of hydrogen-bond acceptors (Lipinski definition) is 4. The molecule has 0 radical (unpaired) electrons. The van der Waals surface area contributed by atoms with Crippen LogP contribution in [0.4, 0.5) is 5.69 Å². The molecule has 0 aliphatic heterocycles. The second-order valence-electron chi connectivity index (χ2n) is 5.36. The van der Waals surface area contributed by atoms with Crippen LogP contribution in [-0.4, -0.2) is 38.1 Å². The monoisotopic (exact) mass is 305 g/mol. The van der Waals surface area contributed by atoms with Gasteiger partial charge in [-0.1, -0.05) is 0 Å². The molecule has 1 saturated carbocycles. The topological polar surface area (TPSA) is 79.5 Å². The van der Waals surface area contributed by atoms with Crippen LogP contribution in [0.1, 0.15) is 19.8 Å². The molecular weight excluding hydrogens is 282 g/mol. The van der Waals surface area contributed by atoms with E-state index in [9.17, 15) is 9.59 Å². The number of benzene rings is 1. The number of rotatable bonds is 9. The first-order valence-corrected chi connectivity index (χ1v) is 7.67. The molecule has 1 aromatic carbocycles. The molecule has 1 aromatic rings. The highest BCUT2D eigenvalue weighted by molar-refractivity contribution is 5.94. The number of amides is 2. The van der Waals surface area contributed by atoms with Gasteiger partial charge >= 0.3 is 0 Å². The summed E-state index contributed by atoms with van der Waals surface area (Å²) in [5, 5.41) is 8.39. The van der Waals surface area contributed by atoms with E-state index in [2.05, 4.69) is 16.0 Å². The molecule has 0 aromatic heterocycles. The van der Waals surface area contributed by atoms with Crippen molar-refractivity contribution in [2.75, 3.05) is 31.6 Å². The molecule has 0 saturated heterocycles. The van der Waals surface area contributed by atoms with Gasteiger partial charge in [-0.15, -0.1) is 0 Å². The number of nitrogens with one attached hydrogen (secondary N) is 3. The van der Waals surface area contributed by atoms with Gasteiger partial charge in [0.2, 0.25) is 11.8 Å². The summed E-state index contributed by atoms with van der Waals surface area (Å²) < 4.78 is 5.33. The van der Waals surface area contributed by atoms with Crippen LogP contribution in [-0.2, 0) is 9.59 Å². The van der Waals surface area contributed by atoms with Crippen molar-refractivity contribution in [3.8, 4) is 5.75 Å². The molecule has 0 spiro atoms. The lowest BCUT2D eigenvalue weighted by molar-refractivity contribution is -0.123. The maximum atomic E-state index is 11.7. The van der Waals surface area contributed by atoms with E-state index in [1.165, 1.54) is 12.8 Å². The zero-order chi connectivity index (χ0) is 15.8. The van der Waals surface area contributed by atoms with Gasteiger partial charge in [0.05, 0.1) is 19.7 Å². The first-order valence-electron chi connectivity index (χ1n) is 7.67. The minimum Gasteiger partial charge on any atom is -0.494 e. The molecule has 1 aliphatic rings. The van der Waals surface area contributed by atoms with E-state index in [0.717, 1.165) is 18.2 Å². The lowest BCUT2D eigenvalue weighted by Gasteiger charge is -2.08. The van der Waals surface area contributed by atoms with Crippen LogP contribution in [0.5, 0.6) is 5.75 Å². The average molecular weight is 305 g/mol. The third-order valence-electron chi connectivity index (χ3n) is 3.31. The fourth-order valence-electron chi connectivity index (χ4n) is 1.96. The van der Waals surface area contributed by atoms with Crippen molar-refractivity contribution in [3.63, 3.8) is 0 Å². The summed E-state index contributed by atoms with van der Waals surface area (Å²) in [6.45, 7) is 3.63. The third-order valence-corrected chi connectivity index (χ3v) is 3.31. The van der Waals surface area contributed by atoms with Crippen LogP contribution >= 0.6 is 0 Å². The molecule has 0 bridgehead atoms. The summed E-state index contributed by atoms with van der Waals surface area (Å²) in [5.41, 5.74) is 0.676. The summed E-state index contributed by atoms with van der Waals surface area (Å²) >= 11 is 0. The zero-order valence-corrected chi connectivity index (χ0v) is 12.9. The van der Waals surface area contributed by atoms with Gasteiger partial charge in [-0.25, -0.2) is 0 Å². The molecule has 120 valence electrons. The van der Waals surface area contributed by atoms with E-state index in [0.29, 0.717) is 12.3 Å². The Hall–Kier alpha value is -2.08. The van der Waals surface area contributed by atoms with Gasteiger partial charge in [0.25, 0.3) is 0 Å². The smallest absolute Gasteiger partial charge is 0.243 e. The Balaban J connectivity index is 1.62. The molecule has 6 nitrogen and oxygen atoms in total. The second kappa shape index (κ2) is 8.38. The third kappa shape index (κ3) is 6.13. The minimum absolute atomic E-state index is 0.0306. The van der Waals surface area contributed by atoms with E-state index in [1.807, 2.05) is 6.92 Å². The molecule has 22 heavy (non-hydrogen) atoms. The summed E-state index contributed by atoms with van der Waals surface area (Å²) in [6.07, 6.45) is 2.50. The minimum atomic E-state index is -0.250. The van der Waals surface area contributed by atoms with Gasteiger partial charge in [-0.2, -0.15) is 0 Å². The quantitative estimate of drug-likeness (QED) is 0.639. The highest BCUT2D eigenvalue weighted by atomic mass is 16.5. The molecular formula is C16H23N3O3. The predicted molar refractivity (Wildman–Crippen MR) is 84.8 cm³/mol. The van der Waals surface area contributed by atoms with E-state index in [-0.39, 0.29) is 24.9 Å². The van der Waals surface area contributed by atoms with Gasteiger partial charge in [-0.3, -0.25) is 9.59 Å². The van der Waals surface area contributed by atoms with Gasteiger partial charge in [-0.05, 0) is 56.5 Å². The molecule has 6 heteroatoms. The lowest BCUT2D eigenvalue weighted by atomic mass is 10.3. The number of anilines is 1. The van der Waals surface area contributed by atoms with Gasteiger partial charge in [0, 0.05) is 5.69 Å². The Kier molecular flexibility index (Phi) is 6.21. The maximum Gasteiger partial charge on any atom is 0.243 e. The van der Waals surface area contributed by atoms with Crippen molar-refractivity contribution in [1.82, 2.24) is 10.6 Å². The Morgan fingerprint density at radius 3 is 2.50 bits per heavy atom. The first kappa shape index (κ1) is 16.3. The normalized spacial score (nSPS) is 13.5. The fraction of sp³-hybridized carbons (Fsp3) is 0.500. The van der Waals surface area contributed by atoms with Crippen molar-refractivity contribution in [1.29, 1.82) is 0 Å². The van der Waals surface area contributed by atoms with E-state index >= 15 is 0 Å². The van der Waals surface area contributed by atoms with Gasteiger partial charge in [0.1, 0.15) is 5.75 Å². The molecule has 2 rings (SSSR count). The van der Waals surface area contributed by atoms with Crippen LogP contribution < -0.4 is 20.7 Å². The number of carbonyl (C=O) groups is 2. The molecule has 3 N–H and O–H groups in total. The zero-order valence-electron chi connectivity index (χ0n) is 12.9. The molecule has 2 amide bonds. The predicted octanol–water partition coefficient (Wildman–Crippen LogP) is 1.14. The van der Waals surface area contributed by atoms with Gasteiger partial charge < -0.3 is 20.7 Å². The summed E-state index contributed by atoms with van der Waals surface area (Å²) in [4.78, 5) is 23.3. The van der Waals surface area contributed by atoms with Crippen molar-refractivity contribution in [2.45, 2.75) is 19.8 Å². The highest BCUT2D eigenvalue weighted by Gasteiger charge is 2.20. The largest absolute Gasteiger partial charge is 0.494 e. The Labute approximate surface area is 130 Å². The van der Waals surface area contributed by atoms with Crippen molar-refractivity contribution >= 4 is 17.5 Å². The number of hydrogen-bond donors (Lipinski definition) is 3. The second-order valence-corrected chi connectivity index (χ2v) is 5.36. The summed E-state index contributed by atoms with van der Waals surface area (Å²) in [5.74, 6) is 1.08. The Bertz CT molecular complexity index is 498. The summed E-state index contributed by atoms with van der Waals surface area (Å²) in [6, 6.07) is 7.11. The standard InChI is InChI=1S/C16H23N3O3/c1-2-22-14-7-5-13(6-8-14)19-16(21)11-18-15(20)10-17-9-12-3-4-12/h5-8,12,17H,2-4,9-11H2,1H3,(H,18,20)(H,19,21). The molecule has 1 fully saturated rings. The van der Waals surface area contributed by atoms with E-state index < -0.39 is 0 Å². The Morgan fingerprint density at radius 1 is 1.14 bits per heavy atom. The summed E-state index contributed by atoms with van der Waals surface area (Å²) in [7, 11) is 0. The van der Waals surface area contributed by atoms with Crippen LogP contribution in [0, 0.1) is 5.92 Å². The van der Waals surface area contributed by atoms with Crippen molar-refractivity contribution in [3.05, 3.63) is 24.3 Å². The first-order chi connectivity index (χ1) is 10.7. The van der Waals surface area contributed by atoms with Gasteiger partial charge in [0.15, 0.2) is 0 Å². The van der Waals surface area contributed by atoms with Crippen LogP contribution in [0.3, 0.4) is 0 Å². The maximum absolute atomic E-state index is 11.7. The van der Waals surface area contributed by atoms with E-state index in [1.54, 1.807) is 24.3 Å². The van der Waals surface area contributed by atoms with Crippen LogP contribution in [0.15, 0.2) is 24.3 Å². The van der Waals surface area contributed by atoms with Crippen LogP contribution in [0.25, 0.3) is 0 Å². The highest BCUT2D eigenvalue weighted by Crippen LogP contribution is 2.27. The number of ether oxygens (including phenoxy) is 1. The van der Waals surface area contributed by atoms with Crippen LogP contribution in [0.2, 0.25) is 0 Å². The van der Waals surface area contributed by atoms with Crippen molar-refractivity contribution in [2.24, 2.45) is 5.92 Å².